The number of hydrogen-bond acceptors (Lipinski definition) is 5. The minimum absolute atomic E-state index is 0.634. The topological polar surface area (TPSA) is 41.9 Å². The van der Waals surface area contributed by atoms with Gasteiger partial charge in [-0.15, -0.1) is 11.3 Å². The van der Waals surface area contributed by atoms with E-state index in [1.807, 2.05) is 12.4 Å². The van der Waals surface area contributed by atoms with Crippen molar-refractivity contribution in [3.8, 4) is 10.6 Å². The van der Waals surface area contributed by atoms with E-state index in [2.05, 4.69) is 40.7 Å². The lowest BCUT2D eigenvalue weighted by Crippen LogP contribution is -2.31. The molecule has 0 N–H and O–H groups in total. The van der Waals surface area contributed by atoms with Crippen LogP contribution in [-0.4, -0.2) is 40.0 Å². The van der Waals surface area contributed by atoms with Gasteiger partial charge in [-0.3, -0.25) is 9.97 Å². The van der Waals surface area contributed by atoms with Gasteiger partial charge in [-0.1, -0.05) is 13.8 Å². The van der Waals surface area contributed by atoms with Gasteiger partial charge in [0.1, 0.15) is 5.69 Å². The lowest BCUT2D eigenvalue weighted by Gasteiger charge is -2.28. The zero-order valence-corrected chi connectivity index (χ0v) is 15.1. The number of thiazole rings is 1. The normalized spacial score (nSPS) is 17.0. The van der Waals surface area contributed by atoms with Gasteiger partial charge >= 0.3 is 0 Å². The molecule has 1 saturated heterocycles. The second-order valence-corrected chi connectivity index (χ2v) is 8.13. The maximum atomic E-state index is 4.64. The lowest BCUT2D eigenvalue weighted by molar-refractivity contribution is 0.218. The van der Waals surface area contributed by atoms with Crippen molar-refractivity contribution < 1.29 is 0 Å². The number of piperidine rings is 1. The van der Waals surface area contributed by atoms with Crippen LogP contribution in [0.2, 0.25) is 0 Å². The summed E-state index contributed by atoms with van der Waals surface area (Å²) in [4.78, 5) is 17.4. The van der Waals surface area contributed by atoms with Crippen LogP contribution in [-0.2, 0) is 12.8 Å². The van der Waals surface area contributed by atoms with Crippen molar-refractivity contribution in [3.63, 3.8) is 0 Å². The first kappa shape index (κ1) is 16.5. The SMILES string of the molecule is CC(C)Cc1ncc(-c2nccnc2CC2CCN(C)CC2)s1. The molecule has 0 unspecified atom stereocenters. The average Bonchev–Trinajstić information content (AvgIpc) is 2.97. The Bertz CT molecular complexity index is 629. The quantitative estimate of drug-likeness (QED) is 0.838. The van der Waals surface area contributed by atoms with Crippen LogP contribution in [0.15, 0.2) is 18.6 Å². The summed E-state index contributed by atoms with van der Waals surface area (Å²) in [6.45, 7) is 6.85. The molecule has 0 aliphatic carbocycles. The second-order valence-electron chi connectivity index (χ2n) is 7.02. The van der Waals surface area contributed by atoms with E-state index in [1.165, 1.54) is 30.9 Å². The van der Waals surface area contributed by atoms with E-state index in [0.29, 0.717) is 5.92 Å². The van der Waals surface area contributed by atoms with E-state index >= 15 is 0 Å². The van der Waals surface area contributed by atoms with Gasteiger partial charge in [0.2, 0.25) is 0 Å². The first-order valence-corrected chi connectivity index (χ1v) is 9.37. The Morgan fingerprint density at radius 1 is 1.17 bits per heavy atom. The molecule has 0 radical (unpaired) electrons. The molecule has 0 saturated carbocycles. The lowest BCUT2D eigenvalue weighted by atomic mass is 9.91. The molecule has 2 aromatic heterocycles. The molecular formula is C18H26N4S. The summed E-state index contributed by atoms with van der Waals surface area (Å²) in [7, 11) is 2.21. The molecule has 0 aromatic carbocycles. The Morgan fingerprint density at radius 3 is 2.65 bits per heavy atom. The fraction of sp³-hybridized carbons (Fsp3) is 0.611. The Morgan fingerprint density at radius 2 is 1.91 bits per heavy atom. The maximum absolute atomic E-state index is 4.64. The van der Waals surface area contributed by atoms with E-state index in [1.54, 1.807) is 17.5 Å². The van der Waals surface area contributed by atoms with E-state index in [4.69, 9.17) is 0 Å². The molecule has 1 fully saturated rings. The smallest absolute Gasteiger partial charge is 0.103 e. The predicted octanol–water partition coefficient (Wildman–Crippen LogP) is 3.68. The second kappa shape index (κ2) is 7.49. The van der Waals surface area contributed by atoms with Crippen molar-refractivity contribution in [1.29, 1.82) is 0 Å². The number of nitrogens with zero attached hydrogens (tertiary/aromatic N) is 4. The third kappa shape index (κ3) is 4.36. The summed E-state index contributed by atoms with van der Waals surface area (Å²) in [5, 5.41) is 1.20. The molecule has 3 rings (SSSR count). The van der Waals surface area contributed by atoms with Crippen LogP contribution in [0.25, 0.3) is 10.6 Å². The molecule has 1 aliphatic heterocycles. The molecule has 1 aliphatic rings. The summed E-state index contributed by atoms with van der Waals surface area (Å²) in [5.41, 5.74) is 2.18. The molecule has 124 valence electrons. The predicted molar refractivity (Wildman–Crippen MR) is 95.6 cm³/mol. The highest BCUT2D eigenvalue weighted by Gasteiger charge is 2.20. The van der Waals surface area contributed by atoms with Crippen LogP contribution in [0, 0.1) is 11.8 Å². The molecule has 0 bridgehead atoms. The standard InChI is InChI=1S/C18H26N4S/c1-13(2)10-17-21-12-16(23-17)18-15(19-6-7-20-18)11-14-4-8-22(3)9-5-14/h6-7,12-14H,4-5,8-11H2,1-3H3. The van der Waals surface area contributed by atoms with Crippen LogP contribution in [0.4, 0.5) is 0 Å². The van der Waals surface area contributed by atoms with Crippen molar-refractivity contribution in [2.75, 3.05) is 20.1 Å². The monoisotopic (exact) mass is 330 g/mol. The highest BCUT2D eigenvalue weighted by atomic mass is 32.1. The maximum Gasteiger partial charge on any atom is 0.103 e. The van der Waals surface area contributed by atoms with E-state index < -0.39 is 0 Å². The third-order valence-electron chi connectivity index (χ3n) is 4.46. The van der Waals surface area contributed by atoms with Crippen molar-refractivity contribution in [2.45, 2.75) is 39.5 Å². The van der Waals surface area contributed by atoms with Crippen molar-refractivity contribution in [2.24, 2.45) is 11.8 Å². The van der Waals surface area contributed by atoms with Crippen LogP contribution in [0.3, 0.4) is 0 Å². The summed E-state index contributed by atoms with van der Waals surface area (Å²) in [6.07, 6.45) is 10.2. The van der Waals surface area contributed by atoms with Gasteiger partial charge in [-0.25, -0.2) is 4.98 Å². The number of hydrogen-bond donors (Lipinski definition) is 0. The fourth-order valence-electron chi connectivity index (χ4n) is 3.13. The number of aromatic nitrogens is 3. The third-order valence-corrected chi connectivity index (χ3v) is 5.49. The first-order chi connectivity index (χ1) is 11.1. The van der Waals surface area contributed by atoms with Gasteiger partial charge in [-0.2, -0.15) is 0 Å². The van der Waals surface area contributed by atoms with Crippen LogP contribution in [0.5, 0.6) is 0 Å². The molecular weight excluding hydrogens is 304 g/mol. The Hall–Kier alpha value is -1.33. The van der Waals surface area contributed by atoms with Gasteiger partial charge < -0.3 is 4.90 Å². The summed E-state index contributed by atoms with van der Waals surface area (Å²) < 4.78 is 0. The van der Waals surface area contributed by atoms with Crippen molar-refractivity contribution in [1.82, 2.24) is 19.9 Å². The van der Waals surface area contributed by atoms with Crippen LogP contribution < -0.4 is 0 Å². The minimum Gasteiger partial charge on any atom is -0.306 e. The summed E-state index contributed by atoms with van der Waals surface area (Å²) >= 11 is 1.77. The molecule has 4 nitrogen and oxygen atoms in total. The van der Waals surface area contributed by atoms with Crippen LogP contribution in [0.1, 0.15) is 37.4 Å². The number of likely N-dealkylation sites (tertiary alicyclic amines) is 1. The van der Waals surface area contributed by atoms with Crippen molar-refractivity contribution >= 4 is 11.3 Å². The minimum atomic E-state index is 0.634. The Kier molecular flexibility index (Phi) is 5.38. The van der Waals surface area contributed by atoms with Gasteiger partial charge in [0.05, 0.1) is 15.6 Å². The zero-order chi connectivity index (χ0) is 16.2. The van der Waals surface area contributed by atoms with Gasteiger partial charge in [0.15, 0.2) is 0 Å². The molecule has 3 heterocycles. The zero-order valence-electron chi connectivity index (χ0n) is 14.3. The highest BCUT2D eigenvalue weighted by molar-refractivity contribution is 7.15. The first-order valence-electron chi connectivity index (χ1n) is 8.55. The van der Waals surface area contributed by atoms with Gasteiger partial charge in [-0.05, 0) is 51.2 Å². The molecule has 0 amide bonds. The largest absolute Gasteiger partial charge is 0.306 e. The Balaban J connectivity index is 1.76. The molecule has 0 atom stereocenters. The van der Waals surface area contributed by atoms with E-state index in [9.17, 15) is 0 Å². The average molecular weight is 331 g/mol. The molecule has 23 heavy (non-hydrogen) atoms. The van der Waals surface area contributed by atoms with E-state index in [-0.39, 0.29) is 0 Å². The molecule has 5 heteroatoms. The fourth-order valence-corrected chi connectivity index (χ4v) is 4.27. The van der Waals surface area contributed by atoms with Gasteiger partial charge in [0, 0.05) is 25.0 Å². The number of rotatable bonds is 5. The van der Waals surface area contributed by atoms with Gasteiger partial charge in [0.25, 0.3) is 0 Å². The molecule has 0 spiro atoms. The van der Waals surface area contributed by atoms with Crippen molar-refractivity contribution in [3.05, 3.63) is 29.3 Å². The summed E-state index contributed by atoms with van der Waals surface area (Å²) in [5.74, 6) is 1.36. The van der Waals surface area contributed by atoms with E-state index in [0.717, 1.165) is 35.0 Å². The Labute approximate surface area is 143 Å². The highest BCUT2D eigenvalue weighted by Crippen LogP contribution is 2.30. The molecule has 2 aromatic rings. The summed E-state index contributed by atoms with van der Waals surface area (Å²) in [6, 6.07) is 0. The van der Waals surface area contributed by atoms with Crippen LogP contribution >= 0.6 is 11.3 Å².